The summed E-state index contributed by atoms with van der Waals surface area (Å²) >= 11 is 0. The molecule has 0 aliphatic carbocycles. The lowest BCUT2D eigenvalue weighted by Gasteiger charge is -2.27. The summed E-state index contributed by atoms with van der Waals surface area (Å²) in [6.07, 6.45) is -6.31. The Bertz CT molecular complexity index is 440. The number of nitrogens with zero attached hydrogens (tertiary/aromatic N) is 1. The number of ketones is 2. The maximum Gasteiger partial charge on any atom is 0.450 e. The molecule has 0 saturated carbocycles. The quantitative estimate of drug-likeness (QED) is 0.751. The average molecular weight is 309 g/mol. The Balaban J connectivity index is 2.71. The zero-order valence-electron chi connectivity index (χ0n) is 12.1. The van der Waals surface area contributed by atoms with E-state index in [1.165, 1.54) is 0 Å². The lowest BCUT2D eigenvalue weighted by molar-refractivity contribution is -0.172. The summed E-state index contributed by atoms with van der Waals surface area (Å²) in [7, 11) is 0. The molecular formula is C13H18F3NO4. The maximum absolute atomic E-state index is 12.2. The number of ether oxygens (including phenoxy) is 1. The van der Waals surface area contributed by atoms with E-state index in [1.807, 2.05) is 0 Å². The number of likely N-dealkylation sites (tertiary alicyclic amines) is 1. The van der Waals surface area contributed by atoms with Gasteiger partial charge in [0, 0.05) is 6.54 Å². The van der Waals surface area contributed by atoms with E-state index in [0.717, 1.165) is 4.90 Å². The van der Waals surface area contributed by atoms with Crippen LogP contribution in [-0.2, 0) is 14.3 Å². The van der Waals surface area contributed by atoms with Gasteiger partial charge in [-0.3, -0.25) is 14.5 Å². The number of amides is 1. The van der Waals surface area contributed by atoms with E-state index >= 15 is 0 Å². The molecule has 8 heteroatoms. The number of hydrogen-bond acceptors (Lipinski definition) is 4. The molecule has 1 aliphatic heterocycles. The minimum absolute atomic E-state index is 0.228. The molecule has 0 spiro atoms. The first kappa shape index (κ1) is 17.5. The highest BCUT2D eigenvalue weighted by molar-refractivity contribution is 6.04. The molecule has 1 amide bonds. The second kappa shape index (κ2) is 6.03. The molecule has 0 N–H and O–H groups in total. The second-order valence-corrected chi connectivity index (χ2v) is 5.90. The second-order valence-electron chi connectivity index (χ2n) is 5.90. The van der Waals surface area contributed by atoms with Gasteiger partial charge in [-0.25, -0.2) is 4.79 Å². The lowest BCUT2D eigenvalue weighted by Crippen LogP contribution is -2.44. The molecule has 1 saturated heterocycles. The fraction of sp³-hybridized carbons (Fsp3) is 0.769. The van der Waals surface area contributed by atoms with E-state index in [4.69, 9.17) is 4.74 Å². The third kappa shape index (κ3) is 5.02. The van der Waals surface area contributed by atoms with Crippen LogP contribution in [-0.4, -0.2) is 46.9 Å². The fourth-order valence-corrected chi connectivity index (χ4v) is 2.02. The number of Topliss-reactive ketones (excluding diaryl/α,β-unsaturated/α-hetero) is 2. The number of carbonyl (C=O) groups is 3. The summed E-state index contributed by atoms with van der Waals surface area (Å²) in [4.78, 5) is 35.7. The van der Waals surface area contributed by atoms with Gasteiger partial charge < -0.3 is 4.74 Å². The van der Waals surface area contributed by atoms with Gasteiger partial charge in [-0.1, -0.05) is 0 Å². The van der Waals surface area contributed by atoms with Gasteiger partial charge >= 0.3 is 12.3 Å². The third-order valence-electron chi connectivity index (χ3n) is 2.90. The average Bonchev–Trinajstić information content (AvgIpc) is 2.73. The molecule has 1 rings (SSSR count). The van der Waals surface area contributed by atoms with Crippen LogP contribution in [0, 0.1) is 0 Å². The summed E-state index contributed by atoms with van der Waals surface area (Å²) in [6.45, 7) is 5.16. The summed E-state index contributed by atoms with van der Waals surface area (Å²) in [5.41, 5.74) is -0.769. The molecule has 120 valence electrons. The zero-order valence-corrected chi connectivity index (χ0v) is 12.1. The van der Waals surface area contributed by atoms with Gasteiger partial charge in [0.05, 0.1) is 12.5 Å². The van der Waals surface area contributed by atoms with Crippen molar-refractivity contribution in [2.24, 2.45) is 0 Å². The van der Waals surface area contributed by atoms with Crippen LogP contribution >= 0.6 is 0 Å². The summed E-state index contributed by atoms with van der Waals surface area (Å²) < 4.78 is 41.6. The monoisotopic (exact) mass is 309 g/mol. The minimum atomic E-state index is -5.04. The number of rotatable bonds is 3. The van der Waals surface area contributed by atoms with Gasteiger partial charge in [-0.15, -0.1) is 0 Å². The van der Waals surface area contributed by atoms with Gasteiger partial charge in [0.15, 0.2) is 5.78 Å². The number of alkyl halides is 3. The Morgan fingerprint density at radius 2 is 1.76 bits per heavy atom. The molecule has 1 atom stereocenters. The van der Waals surface area contributed by atoms with Crippen molar-refractivity contribution < 1.29 is 32.3 Å². The topological polar surface area (TPSA) is 63.7 Å². The molecule has 0 aromatic heterocycles. The molecule has 1 fully saturated rings. The Morgan fingerprint density at radius 1 is 1.19 bits per heavy atom. The molecule has 0 aromatic rings. The minimum Gasteiger partial charge on any atom is -0.444 e. The molecule has 1 heterocycles. The van der Waals surface area contributed by atoms with Crippen LogP contribution in [0.4, 0.5) is 18.0 Å². The van der Waals surface area contributed by atoms with Crippen molar-refractivity contribution in [1.82, 2.24) is 4.90 Å². The van der Waals surface area contributed by atoms with Crippen molar-refractivity contribution in [1.29, 1.82) is 0 Å². The van der Waals surface area contributed by atoms with Gasteiger partial charge in [0.25, 0.3) is 0 Å². The normalized spacial score (nSPS) is 19.5. The Morgan fingerprint density at radius 3 is 2.24 bits per heavy atom. The highest BCUT2D eigenvalue weighted by atomic mass is 19.4. The van der Waals surface area contributed by atoms with Gasteiger partial charge in [-0.2, -0.15) is 13.2 Å². The van der Waals surface area contributed by atoms with Crippen LogP contribution in [0.25, 0.3) is 0 Å². The highest BCUT2D eigenvalue weighted by Crippen LogP contribution is 2.24. The van der Waals surface area contributed by atoms with Crippen LogP contribution in [0.5, 0.6) is 0 Å². The molecule has 21 heavy (non-hydrogen) atoms. The van der Waals surface area contributed by atoms with Crippen LogP contribution in [0.3, 0.4) is 0 Å². The van der Waals surface area contributed by atoms with Gasteiger partial charge in [0.1, 0.15) is 5.60 Å². The van der Waals surface area contributed by atoms with E-state index in [-0.39, 0.29) is 13.0 Å². The first-order valence-electron chi connectivity index (χ1n) is 6.54. The van der Waals surface area contributed by atoms with E-state index < -0.39 is 41.9 Å². The van der Waals surface area contributed by atoms with Crippen molar-refractivity contribution in [2.75, 3.05) is 6.54 Å². The van der Waals surface area contributed by atoms with Crippen molar-refractivity contribution >= 4 is 17.7 Å². The fourth-order valence-electron chi connectivity index (χ4n) is 2.02. The zero-order chi connectivity index (χ0) is 16.4. The molecular weight excluding hydrogens is 291 g/mol. The first-order valence-corrected chi connectivity index (χ1v) is 6.54. The van der Waals surface area contributed by atoms with Crippen LogP contribution in [0.15, 0.2) is 0 Å². The van der Waals surface area contributed by atoms with Crippen LogP contribution < -0.4 is 0 Å². The van der Waals surface area contributed by atoms with Crippen LogP contribution in [0.2, 0.25) is 0 Å². The lowest BCUT2D eigenvalue weighted by atomic mass is 10.0. The molecule has 0 bridgehead atoms. The largest absolute Gasteiger partial charge is 0.450 e. The van der Waals surface area contributed by atoms with Gasteiger partial charge in [0.2, 0.25) is 5.78 Å². The first-order chi connectivity index (χ1) is 9.42. The van der Waals surface area contributed by atoms with E-state index in [9.17, 15) is 27.6 Å². The molecule has 5 nitrogen and oxygen atoms in total. The molecule has 1 aliphatic rings. The summed E-state index contributed by atoms with van der Waals surface area (Å²) in [5, 5.41) is 0. The Labute approximate surface area is 120 Å². The molecule has 0 aromatic carbocycles. The van der Waals surface area contributed by atoms with Crippen molar-refractivity contribution in [3.8, 4) is 0 Å². The van der Waals surface area contributed by atoms with Gasteiger partial charge in [-0.05, 0) is 33.6 Å². The van der Waals surface area contributed by atoms with Crippen molar-refractivity contribution in [3.63, 3.8) is 0 Å². The standard InChI is InChI=1S/C13H18F3NO4/c1-12(2,3)21-11(20)17-6-4-5-8(17)9(18)7-10(19)13(14,15)16/h8H,4-7H2,1-3H3. The third-order valence-corrected chi connectivity index (χ3v) is 2.90. The smallest absolute Gasteiger partial charge is 0.444 e. The summed E-state index contributed by atoms with van der Waals surface area (Å²) in [5.74, 6) is -3.00. The van der Waals surface area contributed by atoms with E-state index in [1.54, 1.807) is 20.8 Å². The summed E-state index contributed by atoms with van der Waals surface area (Å²) in [6, 6.07) is -1.02. The predicted octanol–water partition coefficient (Wildman–Crippen LogP) is 2.48. The van der Waals surface area contributed by atoms with E-state index in [0.29, 0.717) is 6.42 Å². The van der Waals surface area contributed by atoms with Crippen molar-refractivity contribution in [2.45, 2.75) is 57.9 Å². The molecule has 1 unspecified atom stereocenters. The number of hydrogen-bond donors (Lipinski definition) is 0. The maximum atomic E-state index is 12.2. The predicted molar refractivity (Wildman–Crippen MR) is 66.6 cm³/mol. The number of carbonyl (C=O) groups excluding carboxylic acids is 3. The number of halogens is 3. The SMILES string of the molecule is CC(C)(C)OC(=O)N1CCCC1C(=O)CC(=O)C(F)(F)F. The Kier molecular flexibility index (Phi) is 5.01. The van der Waals surface area contributed by atoms with Crippen LogP contribution in [0.1, 0.15) is 40.0 Å². The Hall–Kier alpha value is -1.60. The highest BCUT2D eigenvalue weighted by Gasteiger charge is 2.43. The van der Waals surface area contributed by atoms with E-state index in [2.05, 4.69) is 0 Å². The van der Waals surface area contributed by atoms with Crippen molar-refractivity contribution in [3.05, 3.63) is 0 Å². The molecule has 0 radical (unpaired) electrons.